The Morgan fingerprint density at radius 2 is 2.00 bits per heavy atom. The number of nitrogens with zero attached hydrogens (tertiary/aromatic N) is 1. The molecule has 0 radical (unpaired) electrons. The molecule has 0 bridgehead atoms. The molecular weight excluding hydrogens is 226 g/mol. The Morgan fingerprint density at radius 1 is 1.33 bits per heavy atom. The zero-order valence-electron chi connectivity index (χ0n) is 11.2. The van der Waals surface area contributed by atoms with E-state index in [0.717, 1.165) is 38.2 Å². The first kappa shape index (κ1) is 13.1. The first-order valence-corrected chi connectivity index (χ1v) is 6.55. The van der Waals surface area contributed by atoms with E-state index >= 15 is 0 Å². The largest absolute Gasteiger partial charge is 0.496 e. The second-order valence-electron chi connectivity index (χ2n) is 4.97. The molecule has 1 heterocycles. The van der Waals surface area contributed by atoms with E-state index in [9.17, 15) is 4.79 Å². The Bertz CT molecular complexity index is 409. The molecule has 1 fully saturated rings. The molecule has 0 aromatic heterocycles. The minimum Gasteiger partial charge on any atom is -0.496 e. The van der Waals surface area contributed by atoms with Crippen molar-refractivity contribution in [1.82, 2.24) is 4.90 Å². The fourth-order valence-electron chi connectivity index (χ4n) is 2.57. The molecule has 3 nitrogen and oxygen atoms in total. The molecular formula is C15H21NO2. The van der Waals surface area contributed by atoms with Gasteiger partial charge in [0.25, 0.3) is 0 Å². The number of Topliss-reactive ketones (excluding diaryl/α,β-unsaturated/α-hetero) is 1. The monoisotopic (exact) mass is 247 g/mol. The van der Waals surface area contributed by atoms with Crippen LogP contribution in [0.1, 0.15) is 25.3 Å². The third-order valence-corrected chi connectivity index (χ3v) is 3.75. The van der Waals surface area contributed by atoms with Gasteiger partial charge in [-0.2, -0.15) is 0 Å². The summed E-state index contributed by atoms with van der Waals surface area (Å²) in [5.41, 5.74) is 1.22. The zero-order chi connectivity index (χ0) is 13.0. The second kappa shape index (κ2) is 6.01. The summed E-state index contributed by atoms with van der Waals surface area (Å²) in [5, 5.41) is 0. The number of benzene rings is 1. The Balaban J connectivity index is 1.93. The number of para-hydroxylation sites is 1. The second-order valence-corrected chi connectivity index (χ2v) is 4.97. The van der Waals surface area contributed by atoms with Crippen molar-refractivity contribution in [2.24, 2.45) is 5.92 Å². The molecule has 1 saturated heterocycles. The Labute approximate surface area is 109 Å². The molecule has 0 unspecified atom stereocenters. The van der Waals surface area contributed by atoms with Gasteiger partial charge in [-0.3, -0.25) is 9.69 Å². The van der Waals surface area contributed by atoms with Crippen molar-refractivity contribution in [2.45, 2.75) is 26.3 Å². The van der Waals surface area contributed by atoms with E-state index in [0.29, 0.717) is 5.78 Å². The summed E-state index contributed by atoms with van der Waals surface area (Å²) in [7, 11) is 1.71. The summed E-state index contributed by atoms with van der Waals surface area (Å²) in [6.07, 6.45) is 1.98. The molecule has 2 rings (SSSR count). The van der Waals surface area contributed by atoms with E-state index < -0.39 is 0 Å². The maximum absolute atomic E-state index is 11.3. The number of carbonyl (C=O) groups is 1. The summed E-state index contributed by atoms with van der Waals surface area (Å²) in [6.45, 7) is 4.62. The van der Waals surface area contributed by atoms with Crippen molar-refractivity contribution in [3.63, 3.8) is 0 Å². The Hall–Kier alpha value is -1.35. The Morgan fingerprint density at radius 3 is 2.61 bits per heavy atom. The number of carbonyl (C=O) groups excluding carboxylic acids is 1. The minimum absolute atomic E-state index is 0.277. The number of ether oxygens (including phenoxy) is 1. The van der Waals surface area contributed by atoms with Gasteiger partial charge in [0.05, 0.1) is 7.11 Å². The number of rotatable bonds is 4. The summed E-state index contributed by atoms with van der Waals surface area (Å²) < 4.78 is 5.37. The van der Waals surface area contributed by atoms with Crippen molar-refractivity contribution >= 4 is 5.78 Å². The topological polar surface area (TPSA) is 29.5 Å². The van der Waals surface area contributed by atoms with Gasteiger partial charge in [-0.1, -0.05) is 18.2 Å². The van der Waals surface area contributed by atoms with Crippen molar-refractivity contribution in [3.8, 4) is 5.75 Å². The lowest BCUT2D eigenvalue weighted by atomic mass is 9.93. The van der Waals surface area contributed by atoms with Gasteiger partial charge in [0.15, 0.2) is 0 Å². The molecule has 1 aliphatic heterocycles. The lowest BCUT2D eigenvalue weighted by molar-refractivity contribution is -0.122. The van der Waals surface area contributed by atoms with E-state index in [1.54, 1.807) is 14.0 Å². The molecule has 0 atom stereocenters. The normalized spacial score (nSPS) is 17.7. The van der Waals surface area contributed by atoms with Gasteiger partial charge >= 0.3 is 0 Å². The van der Waals surface area contributed by atoms with Crippen LogP contribution in [0, 0.1) is 5.92 Å². The molecule has 98 valence electrons. The van der Waals surface area contributed by atoms with Crippen LogP contribution in [0.25, 0.3) is 0 Å². The summed E-state index contributed by atoms with van der Waals surface area (Å²) >= 11 is 0. The van der Waals surface area contributed by atoms with Gasteiger partial charge in [-0.05, 0) is 38.9 Å². The average Bonchev–Trinajstić information content (AvgIpc) is 2.40. The summed E-state index contributed by atoms with van der Waals surface area (Å²) in [6, 6.07) is 8.14. The van der Waals surface area contributed by atoms with E-state index in [2.05, 4.69) is 11.0 Å². The van der Waals surface area contributed by atoms with Crippen LogP contribution >= 0.6 is 0 Å². The highest BCUT2D eigenvalue weighted by molar-refractivity contribution is 5.78. The van der Waals surface area contributed by atoms with Crippen LogP contribution in [0.5, 0.6) is 5.75 Å². The molecule has 3 heteroatoms. The van der Waals surface area contributed by atoms with Crippen molar-refractivity contribution in [1.29, 1.82) is 0 Å². The molecule has 0 spiro atoms. The van der Waals surface area contributed by atoms with Gasteiger partial charge in [-0.25, -0.2) is 0 Å². The van der Waals surface area contributed by atoms with Crippen LogP contribution in [-0.2, 0) is 11.3 Å². The number of ketones is 1. The first-order chi connectivity index (χ1) is 8.70. The minimum atomic E-state index is 0.277. The molecule has 1 aliphatic rings. The van der Waals surface area contributed by atoms with Crippen molar-refractivity contribution < 1.29 is 9.53 Å². The number of piperidine rings is 1. The third kappa shape index (κ3) is 3.10. The highest BCUT2D eigenvalue weighted by atomic mass is 16.5. The van der Waals surface area contributed by atoms with Gasteiger partial charge in [-0.15, -0.1) is 0 Å². The van der Waals surface area contributed by atoms with E-state index in [-0.39, 0.29) is 5.92 Å². The zero-order valence-corrected chi connectivity index (χ0v) is 11.2. The van der Waals surface area contributed by atoms with Crippen molar-refractivity contribution in [3.05, 3.63) is 29.8 Å². The van der Waals surface area contributed by atoms with Crippen LogP contribution in [0.15, 0.2) is 24.3 Å². The summed E-state index contributed by atoms with van der Waals surface area (Å²) in [5.74, 6) is 1.57. The fraction of sp³-hybridized carbons (Fsp3) is 0.533. The third-order valence-electron chi connectivity index (χ3n) is 3.75. The van der Waals surface area contributed by atoms with E-state index in [4.69, 9.17) is 4.74 Å². The predicted octanol–water partition coefficient (Wildman–Crippen LogP) is 2.50. The van der Waals surface area contributed by atoms with Crippen LogP contribution in [0.4, 0.5) is 0 Å². The molecule has 0 saturated carbocycles. The van der Waals surface area contributed by atoms with Crippen LogP contribution in [0.2, 0.25) is 0 Å². The average molecular weight is 247 g/mol. The molecule has 1 aromatic carbocycles. The summed E-state index contributed by atoms with van der Waals surface area (Å²) in [4.78, 5) is 13.7. The number of hydrogen-bond acceptors (Lipinski definition) is 3. The maximum atomic E-state index is 11.3. The Kier molecular flexibility index (Phi) is 4.37. The molecule has 0 amide bonds. The molecule has 0 aliphatic carbocycles. The molecule has 0 N–H and O–H groups in total. The van der Waals surface area contributed by atoms with Crippen LogP contribution in [-0.4, -0.2) is 30.9 Å². The van der Waals surface area contributed by atoms with Gasteiger partial charge < -0.3 is 4.74 Å². The van der Waals surface area contributed by atoms with Crippen LogP contribution in [0.3, 0.4) is 0 Å². The number of hydrogen-bond donors (Lipinski definition) is 0. The molecule has 18 heavy (non-hydrogen) atoms. The maximum Gasteiger partial charge on any atom is 0.133 e. The van der Waals surface area contributed by atoms with E-state index in [1.807, 2.05) is 18.2 Å². The number of likely N-dealkylation sites (tertiary alicyclic amines) is 1. The highest BCUT2D eigenvalue weighted by Gasteiger charge is 2.22. The number of methoxy groups -OCH3 is 1. The van der Waals surface area contributed by atoms with E-state index in [1.165, 1.54) is 5.56 Å². The predicted molar refractivity (Wildman–Crippen MR) is 71.7 cm³/mol. The van der Waals surface area contributed by atoms with Gasteiger partial charge in [0.1, 0.15) is 11.5 Å². The standard InChI is InChI=1S/C15H21NO2/c1-12(17)13-7-9-16(10-8-13)11-14-5-3-4-6-15(14)18-2/h3-6,13H,7-11H2,1-2H3. The first-order valence-electron chi connectivity index (χ1n) is 6.55. The lowest BCUT2D eigenvalue weighted by Crippen LogP contribution is -2.35. The fourth-order valence-corrected chi connectivity index (χ4v) is 2.57. The molecule has 1 aromatic rings. The smallest absolute Gasteiger partial charge is 0.133 e. The lowest BCUT2D eigenvalue weighted by Gasteiger charge is -2.31. The van der Waals surface area contributed by atoms with Gasteiger partial charge in [0.2, 0.25) is 0 Å². The highest BCUT2D eigenvalue weighted by Crippen LogP contribution is 2.23. The van der Waals surface area contributed by atoms with Crippen LogP contribution < -0.4 is 4.74 Å². The SMILES string of the molecule is COc1ccccc1CN1CCC(C(C)=O)CC1. The quantitative estimate of drug-likeness (QED) is 0.818. The van der Waals surface area contributed by atoms with Gasteiger partial charge in [0, 0.05) is 18.0 Å². The van der Waals surface area contributed by atoms with Crippen molar-refractivity contribution in [2.75, 3.05) is 20.2 Å².